The van der Waals surface area contributed by atoms with E-state index in [4.69, 9.17) is 5.26 Å². The average Bonchev–Trinajstić information content (AvgIpc) is 2.77. The van der Waals surface area contributed by atoms with Gasteiger partial charge < -0.3 is 0 Å². The van der Waals surface area contributed by atoms with Crippen molar-refractivity contribution in [3.05, 3.63) is 16.1 Å². The minimum Gasteiger partial charge on any atom is -0.245 e. The highest BCUT2D eigenvalue weighted by Gasteiger charge is 2.17. The van der Waals surface area contributed by atoms with E-state index in [-0.39, 0.29) is 18.2 Å². The standard InChI is InChI=1S/C11H17N3O2S2/c1-3-10-8-17-11(13-10)9(2)14-18(15,16)7-5-4-6-12/h8-9,14H,3-5,7H2,1-2H3/t9-/m0/s1. The van der Waals surface area contributed by atoms with Crippen molar-refractivity contribution >= 4 is 21.4 Å². The lowest BCUT2D eigenvalue weighted by Crippen LogP contribution is -2.29. The molecule has 1 aromatic rings. The van der Waals surface area contributed by atoms with Gasteiger partial charge in [0, 0.05) is 11.8 Å². The van der Waals surface area contributed by atoms with Gasteiger partial charge in [0.2, 0.25) is 10.0 Å². The van der Waals surface area contributed by atoms with Gasteiger partial charge in [0.05, 0.1) is 23.6 Å². The first-order chi connectivity index (χ1) is 8.48. The highest BCUT2D eigenvalue weighted by Crippen LogP contribution is 2.19. The predicted molar refractivity (Wildman–Crippen MR) is 71.7 cm³/mol. The molecule has 1 N–H and O–H groups in total. The zero-order valence-corrected chi connectivity index (χ0v) is 12.1. The van der Waals surface area contributed by atoms with Gasteiger partial charge in [-0.2, -0.15) is 5.26 Å². The van der Waals surface area contributed by atoms with Crippen molar-refractivity contribution in [1.82, 2.24) is 9.71 Å². The van der Waals surface area contributed by atoms with E-state index in [1.54, 1.807) is 6.92 Å². The Morgan fingerprint density at radius 2 is 2.33 bits per heavy atom. The molecule has 0 amide bonds. The lowest BCUT2D eigenvalue weighted by atomic mass is 10.3. The molecule has 0 aliphatic heterocycles. The second kappa shape index (κ2) is 6.83. The number of rotatable bonds is 7. The topological polar surface area (TPSA) is 82.9 Å². The molecule has 0 bridgehead atoms. The largest absolute Gasteiger partial charge is 0.245 e. The number of sulfonamides is 1. The van der Waals surface area contributed by atoms with Crippen LogP contribution in [0.5, 0.6) is 0 Å². The minimum atomic E-state index is -3.33. The fourth-order valence-electron chi connectivity index (χ4n) is 1.40. The number of aryl methyl sites for hydroxylation is 1. The molecule has 0 saturated carbocycles. The van der Waals surface area contributed by atoms with Gasteiger partial charge in [0.25, 0.3) is 0 Å². The number of thiazole rings is 1. The van der Waals surface area contributed by atoms with E-state index in [2.05, 4.69) is 9.71 Å². The summed E-state index contributed by atoms with van der Waals surface area (Å²) in [7, 11) is -3.33. The summed E-state index contributed by atoms with van der Waals surface area (Å²) in [5.74, 6) is -0.0170. The molecule has 0 saturated heterocycles. The van der Waals surface area contributed by atoms with E-state index < -0.39 is 10.0 Å². The van der Waals surface area contributed by atoms with Gasteiger partial charge in [-0.1, -0.05) is 6.92 Å². The lowest BCUT2D eigenvalue weighted by Gasteiger charge is -2.11. The molecule has 0 fully saturated rings. The van der Waals surface area contributed by atoms with Crippen molar-refractivity contribution < 1.29 is 8.42 Å². The van der Waals surface area contributed by atoms with Crippen molar-refractivity contribution in [3.8, 4) is 6.07 Å². The Labute approximate surface area is 112 Å². The number of aromatic nitrogens is 1. The predicted octanol–water partition coefficient (Wildman–Crippen LogP) is 1.99. The summed E-state index contributed by atoms with van der Waals surface area (Å²) in [4.78, 5) is 4.35. The molecule has 0 aliphatic rings. The van der Waals surface area contributed by atoms with Gasteiger partial charge in [-0.25, -0.2) is 18.1 Å². The molecule has 0 radical (unpaired) electrons. The summed E-state index contributed by atoms with van der Waals surface area (Å²) in [5.41, 5.74) is 0.977. The van der Waals surface area contributed by atoms with E-state index in [9.17, 15) is 8.42 Å². The summed E-state index contributed by atoms with van der Waals surface area (Å²) in [6.45, 7) is 3.79. The van der Waals surface area contributed by atoms with Crippen LogP contribution in [0.25, 0.3) is 0 Å². The van der Waals surface area contributed by atoms with Crippen LogP contribution >= 0.6 is 11.3 Å². The first-order valence-electron chi connectivity index (χ1n) is 5.79. The van der Waals surface area contributed by atoms with Crippen LogP contribution in [0.4, 0.5) is 0 Å². The SMILES string of the molecule is CCc1csc([C@H](C)NS(=O)(=O)CCCC#N)n1. The van der Waals surface area contributed by atoms with Crippen LogP contribution in [0, 0.1) is 11.3 Å². The normalized spacial score (nSPS) is 13.2. The number of hydrogen-bond donors (Lipinski definition) is 1. The van der Waals surface area contributed by atoms with Crippen LogP contribution in [0.2, 0.25) is 0 Å². The average molecular weight is 287 g/mol. The first-order valence-corrected chi connectivity index (χ1v) is 8.33. The zero-order chi connectivity index (χ0) is 13.6. The molecule has 1 rings (SSSR count). The second-order valence-corrected chi connectivity index (χ2v) is 6.71. The van der Waals surface area contributed by atoms with Gasteiger partial charge in [-0.05, 0) is 19.8 Å². The Hall–Kier alpha value is -0.970. The van der Waals surface area contributed by atoms with Crippen molar-refractivity contribution in [1.29, 1.82) is 5.26 Å². The van der Waals surface area contributed by atoms with Crippen LogP contribution in [0.1, 0.15) is 43.4 Å². The fraction of sp³-hybridized carbons (Fsp3) is 0.636. The summed E-state index contributed by atoms with van der Waals surface area (Å²) in [6.07, 6.45) is 1.46. The number of hydrogen-bond acceptors (Lipinski definition) is 5. The molecule has 0 aliphatic carbocycles. The number of nitrogens with one attached hydrogen (secondary N) is 1. The monoisotopic (exact) mass is 287 g/mol. The maximum absolute atomic E-state index is 11.7. The van der Waals surface area contributed by atoms with E-state index in [0.29, 0.717) is 6.42 Å². The smallest absolute Gasteiger partial charge is 0.212 e. The molecule has 1 heterocycles. The third kappa shape index (κ3) is 4.72. The number of nitriles is 1. The Kier molecular flexibility index (Phi) is 5.72. The van der Waals surface area contributed by atoms with Gasteiger partial charge >= 0.3 is 0 Å². The summed E-state index contributed by atoms with van der Waals surface area (Å²) in [6, 6.07) is 1.62. The summed E-state index contributed by atoms with van der Waals surface area (Å²) in [5, 5.41) is 11.1. The quantitative estimate of drug-likeness (QED) is 0.777. The fourth-order valence-corrected chi connectivity index (χ4v) is 3.68. The minimum absolute atomic E-state index is 0.0170. The Morgan fingerprint density at radius 3 is 2.89 bits per heavy atom. The van der Waals surface area contributed by atoms with E-state index in [1.165, 1.54) is 11.3 Å². The molecule has 1 atom stereocenters. The number of nitrogens with zero attached hydrogens (tertiary/aromatic N) is 2. The summed E-state index contributed by atoms with van der Waals surface area (Å²) < 4.78 is 26.0. The molecule has 18 heavy (non-hydrogen) atoms. The third-order valence-electron chi connectivity index (χ3n) is 2.36. The van der Waals surface area contributed by atoms with Crippen molar-refractivity contribution in [2.75, 3.05) is 5.75 Å². The van der Waals surface area contributed by atoms with Crippen molar-refractivity contribution in [2.45, 2.75) is 39.2 Å². The van der Waals surface area contributed by atoms with Gasteiger partial charge in [-0.3, -0.25) is 0 Å². The summed E-state index contributed by atoms with van der Waals surface area (Å²) >= 11 is 1.46. The molecule has 0 spiro atoms. The van der Waals surface area contributed by atoms with Crippen LogP contribution in [0.15, 0.2) is 5.38 Å². The molecule has 1 aromatic heterocycles. The van der Waals surface area contributed by atoms with E-state index >= 15 is 0 Å². The molecular weight excluding hydrogens is 270 g/mol. The second-order valence-electron chi connectivity index (χ2n) is 3.95. The molecule has 0 unspecified atom stereocenters. The molecular formula is C11H17N3O2S2. The Morgan fingerprint density at radius 1 is 1.61 bits per heavy atom. The maximum Gasteiger partial charge on any atom is 0.212 e. The Balaban J connectivity index is 2.58. The molecule has 100 valence electrons. The number of unbranched alkanes of at least 4 members (excludes halogenated alkanes) is 1. The van der Waals surface area contributed by atoms with Gasteiger partial charge in [-0.15, -0.1) is 11.3 Å². The van der Waals surface area contributed by atoms with Crippen LogP contribution < -0.4 is 4.72 Å². The van der Waals surface area contributed by atoms with Crippen LogP contribution in [-0.4, -0.2) is 19.2 Å². The van der Waals surface area contributed by atoms with Gasteiger partial charge in [0.1, 0.15) is 5.01 Å². The third-order valence-corrected chi connectivity index (χ3v) is 4.98. The van der Waals surface area contributed by atoms with Crippen LogP contribution in [-0.2, 0) is 16.4 Å². The maximum atomic E-state index is 11.7. The van der Waals surface area contributed by atoms with Crippen molar-refractivity contribution in [2.24, 2.45) is 0 Å². The highest BCUT2D eigenvalue weighted by molar-refractivity contribution is 7.89. The van der Waals surface area contributed by atoms with Gasteiger partial charge in [0.15, 0.2) is 0 Å². The molecule has 0 aromatic carbocycles. The zero-order valence-electron chi connectivity index (χ0n) is 10.5. The highest BCUT2D eigenvalue weighted by atomic mass is 32.2. The Bertz CT molecular complexity index is 517. The van der Waals surface area contributed by atoms with E-state index in [1.807, 2.05) is 18.4 Å². The van der Waals surface area contributed by atoms with Crippen LogP contribution in [0.3, 0.4) is 0 Å². The molecule has 7 heteroatoms. The van der Waals surface area contributed by atoms with Crippen molar-refractivity contribution in [3.63, 3.8) is 0 Å². The molecule has 5 nitrogen and oxygen atoms in total. The first kappa shape index (κ1) is 15.1. The lowest BCUT2D eigenvalue weighted by molar-refractivity contribution is 0.564. The van der Waals surface area contributed by atoms with E-state index in [0.717, 1.165) is 17.1 Å².